The molecule has 8 aliphatic rings. The number of methoxy groups -OCH3 is 1. The van der Waals surface area contributed by atoms with Gasteiger partial charge in [0.05, 0.1) is 80.4 Å². The minimum Gasteiger partial charge on any atom is -0.464 e. The number of carbonyl (C=O) groups is 3. The van der Waals surface area contributed by atoms with Gasteiger partial charge in [0.25, 0.3) is 0 Å². The summed E-state index contributed by atoms with van der Waals surface area (Å²) in [4.78, 5) is 58.1. The van der Waals surface area contributed by atoms with E-state index in [4.69, 9.17) is 33.7 Å². The Hall–Kier alpha value is -4.77. The number of hydrazine groups is 1. The Balaban J connectivity index is 1.05. The number of carbonyl (C=O) groups excluding carboxylic acids is 3. The molecule has 7 aliphatic heterocycles. The fourth-order valence-corrected chi connectivity index (χ4v) is 13.0. The van der Waals surface area contributed by atoms with Gasteiger partial charge < -0.3 is 33.6 Å². The van der Waals surface area contributed by atoms with Crippen LogP contribution < -0.4 is 10.7 Å². The smallest absolute Gasteiger partial charge is 0.325 e. The van der Waals surface area contributed by atoms with Crippen LogP contribution in [0.3, 0.4) is 0 Å². The third-order valence-corrected chi connectivity index (χ3v) is 17.3. The molecule has 17 heteroatoms. The molecule has 72 heavy (non-hydrogen) atoms. The first-order valence-corrected chi connectivity index (χ1v) is 27.2. The number of fused-ring (bicyclic) bond motifs is 4. The predicted octanol–water partition coefficient (Wildman–Crippen LogP) is 5.85. The summed E-state index contributed by atoms with van der Waals surface area (Å²) in [6, 6.07) is 5.47. The van der Waals surface area contributed by atoms with Gasteiger partial charge in [0, 0.05) is 103 Å². The zero-order chi connectivity index (χ0) is 49.8. The third kappa shape index (κ3) is 9.74. The van der Waals surface area contributed by atoms with Crippen LogP contribution in [-0.4, -0.2) is 150 Å². The van der Waals surface area contributed by atoms with Gasteiger partial charge in [0.15, 0.2) is 0 Å². The summed E-state index contributed by atoms with van der Waals surface area (Å²) in [7, 11) is 1.73. The van der Waals surface area contributed by atoms with E-state index in [9.17, 15) is 14.4 Å². The summed E-state index contributed by atoms with van der Waals surface area (Å²) in [6.07, 6.45) is 5.42. The van der Waals surface area contributed by atoms with Crippen molar-refractivity contribution in [3.8, 4) is 34.4 Å². The highest BCUT2D eigenvalue weighted by molar-refractivity contribution is 7.10. The number of nitrogens with one attached hydrogen (secondary N) is 2. The van der Waals surface area contributed by atoms with E-state index in [1.165, 1.54) is 11.1 Å². The number of nitrogens with zero attached hydrogens (tertiary/aromatic N) is 6. The summed E-state index contributed by atoms with van der Waals surface area (Å²) in [5.74, 6) is 6.45. The minimum atomic E-state index is -0.664. The molecule has 16 nitrogen and oxygen atoms in total. The van der Waals surface area contributed by atoms with Crippen LogP contribution >= 0.6 is 11.3 Å². The predicted molar refractivity (Wildman–Crippen MR) is 273 cm³/mol. The van der Waals surface area contributed by atoms with E-state index in [0.717, 1.165) is 82.2 Å². The monoisotopic (exact) mass is 1000 g/mol. The Morgan fingerprint density at radius 1 is 1.03 bits per heavy atom. The van der Waals surface area contributed by atoms with Gasteiger partial charge in [0.2, 0.25) is 11.8 Å². The summed E-state index contributed by atoms with van der Waals surface area (Å²) in [5.41, 5.74) is 12.1. The molecule has 1 unspecified atom stereocenters. The quantitative estimate of drug-likeness (QED) is 0.168. The normalized spacial score (nSPS) is 28.8. The number of hydrogen-bond acceptors (Lipinski definition) is 14. The zero-order valence-corrected chi connectivity index (χ0v) is 43.5. The lowest BCUT2D eigenvalue weighted by Crippen LogP contribution is -2.69. The maximum absolute atomic E-state index is 14.6. The Morgan fingerprint density at radius 2 is 1.81 bits per heavy atom. The molecule has 8 bridgehead atoms. The van der Waals surface area contributed by atoms with E-state index in [-0.39, 0.29) is 66.9 Å². The van der Waals surface area contributed by atoms with Crippen LogP contribution in [-0.2, 0) is 57.5 Å². The average molecular weight is 1000 g/mol. The first kappa shape index (κ1) is 49.4. The maximum Gasteiger partial charge on any atom is 0.325 e. The van der Waals surface area contributed by atoms with Crippen molar-refractivity contribution in [3.63, 3.8) is 0 Å². The Morgan fingerprint density at radius 3 is 2.54 bits per heavy atom. The van der Waals surface area contributed by atoms with Gasteiger partial charge in [-0.25, -0.2) is 10.4 Å². The van der Waals surface area contributed by atoms with Gasteiger partial charge in [0.1, 0.15) is 17.2 Å². The standard InChI is InChI=1S/C55H70N8O8S/c1-32-29-70-51(32)52(65)57-39-25-45(61-14-18-69-19-15-61)53-58-44(30-72-53)37-21-36-8-7-11-62-49(36)41(24-37)43(27-55(4,5)31-71-54(66)48-38-22-40(23-38)63(59-48)46(64)26-39)50(62)42-20-35(28-56-47(42)34(3)67-6)10-9-33(2)60-12-16-68-17-13-60/h20-21,24,28,30,32-34,38-40,45,48,51,59H,7-8,11-19,22-23,25-27,29,31H2,1-6H3,(H,57,65)/t32-,33+,34-,38?,39?,40?,45-,48-,51-/m0/s1. The number of pyridine rings is 1. The first-order chi connectivity index (χ1) is 34.8. The maximum atomic E-state index is 14.6. The van der Waals surface area contributed by atoms with Gasteiger partial charge in [-0.05, 0) is 87.6 Å². The summed E-state index contributed by atoms with van der Waals surface area (Å²) in [5, 5.41) is 9.18. The number of cyclic esters (lactones) is 1. The topological polar surface area (TPSA) is 162 Å². The molecule has 4 aromatic rings. The number of esters is 1. The average Bonchev–Trinajstić information content (AvgIpc) is 3.99. The van der Waals surface area contributed by atoms with E-state index >= 15 is 0 Å². The van der Waals surface area contributed by atoms with Crippen LogP contribution in [0.1, 0.15) is 106 Å². The van der Waals surface area contributed by atoms with Crippen molar-refractivity contribution in [2.75, 3.05) is 72.9 Å². The number of benzene rings is 1. The van der Waals surface area contributed by atoms with Crippen LogP contribution in [0.5, 0.6) is 0 Å². The lowest BCUT2D eigenvalue weighted by molar-refractivity contribution is -0.170. The number of ether oxygens (including phenoxy) is 5. The zero-order valence-electron chi connectivity index (χ0n) is 42.7. The second-order valence-corrected chi connectivity index (χ2v) is 22.9. The van der Waals surface area contributed by atoms with Crippen molar-refractivity contribution in [1.29, 1.82) is 0 Å². The van der Waals surface area contributed by atoms with E-state index in [2.05, 4.69) is 81.3 Å². The highest BCUT2D eigenvalue weighted by Gasteiger charge is 2.51. The molecule has 12 rings (SSSR count). The Bertz CT molecular complexity index is 2760. The number of rotatable bonds is 7. The Kier molecular flexibility index (Phi) is 14.1. The number of morpholine rings is 2. The van der Waals surface area contributed by atoms with E-state index in [0.29, 0.717) is 71.8 Å². The molecule has 2 N–H and O–H groups in total. The van der Waals surface area contributed by atoms with Crippen molar-refractivity contribution in [2.24, 2.45) is 17.3 Å². The molecule has 384 valence electrons. The molecular weight excluding hydrogens is 933 g/mol. The van der Waals surface area contributed by atoms with Gasteiger partial charge in [-0.15, -0.1) is 11.3 Å². The molecule has 1 saturated carbocycles. The third-order valence-electron chi connectivity index (χ3n) is 16.3. The van der Waals surface area contributed by atoms with Gasteiger partial charge in [-0.2, -0.15) is 0 Å². The number of amides is 2. The number of aryl methyl sites for hydroxylation is 2. The van der Waals surface area contributed by atoms with Crippen molar-refractivity contribution in [3.05, 3.63) is 57.2 Å². The number of thiazole rings is 1. The minimum absolute atomic E-state index is 0.0342. The molecule has 0 radical (unpaired) electrons. The van der Waals surface area contributed by atoms with Crippen molar-refractivity contribution < 1.29 is 38.1 Å². The van der Waals surface area contributed by atoms with Crippen LogP contribution in [0.15, 0.2) is 29.8 Å². The van der Waals surface area contributed by atoms with Gasteiger partial charge >= 0.3 is 5.97 Å². The molecule has 3 aromatic heterocycles. The number of aromatic nitrogens is 3. The molecule has 0 spiro atoms. The lowest BCUT2D eigenvalue weighted by atomic mass is 9.73. The summed E-state index contributed by atoms with van der Waals surface area (Å²) >= 11 is 1.63. The molecule has 2 amide bonds. The van der Waals surface area contributed by atoms with E-state index < -0.39 is 23.6 Å². The van der Waals surface area contributed by atoms with Crippen molar-refractivity contribution in [2.45, 2.75) is 129 Å². The second-order valence-electron chi connectivity index (χ2n) is 22.1. The molecule has 1 aliphatic carbocycles. The largest absolute Gasteiger partial charge is 0.464 e. The molecule has 1 aromatic carbocycles. The summed E-state index contributed by atoms with van der Waals surface area (Å²) < 4.78 is 32.1. The molecule has 7 atom stereocenters. The molecule has 5 saturated heterocycles. The highest BCUT2D eigenvalue weighted by atomic mass is 32.1. The first-order valence-electron chi connectivity index (χ1n) is 26.3. The number of hydrogen-bond donors (Lipinski definition) is 2. The van der Waals surface area contributed by atoms with Crippen LogP contribution in [0, 0.1) is 29.1 Å². The van der Waals surface area contributed by atoms with Crippen LogP contribution in [0.25, 0.3) is 33.4 Å². The second kappa shape index (κ2) is 20.5. The van der Waals surface area contributed by atoms with Crippen molar-refractivity contribution in [1.82, 2.24) is 40.1 Å². The lowest BCUT2D eigenvalue weighted by Gasteiger charge is -2.52. The fraction of sp³-hybridized carbons (Fsp3) is 0.618. The molecule has 6 fully saturated rings. The van der Waals surface area contributed by atoms with E-state index in [1.807, 2.05) is 20.0 Å². The van der Waals surface area contributed by atoms with Gasteiger partial charge in [-0.3, -0.25) is 34.2 Å². The van der Waals surface area contributed by atoms with Gasteiger partial charge in [-0.1, -0.05) is 32.6 Å². The van der Waals surface area contributed by atoms with Crippen LogP contribution in [0.4, 0.5) is 0 Å². The van der Waals surface area contributed by atoms with Crippen molar-refractivity contribution >= 4 is 40.0 Å². The molecule has 10 heterocycles. The Labute approximate surface area is 426 Å². The molecular formula is C55H70N8O8S. The van der Waals surface area contributed by atoms with Crippen LogP contribution in [0.2, 0.25) is 0 Å². The summed E-state index contributed by atoms with van der Waals surface area (Å²) in [6.45, 7) is 17.8. The van der Waals surface area contributed by atoms with E-state index in [1.54, 1.807) is 23.5 Å². The SMILES string of the molecule is CO[C@@H](C)c1ncc(C#C[C@@H](C)N2CCOCC2)cc1-c1c2c3cc(cc4c3n1CCC4)-c1csc(n1)[C@@H](N1CCOCC1)CC(NC(=O)[C@H]1OC[C@@H]1C)CC(=O)N1N[C@H](C(=O)OCC(C)(C)C2)C2CC1C2. The highest BCUT2D eigenvalue weighted by Crippen LogP contribution is 2.46. The fourth-order valence-electron chi connectivity index (χ4n) is 12.1.